The molecule has 6 heteroatoms. The number of nitrogen functional groups attached to an aromatic ring is 1. The number of anilines is 1. The van der Waals surface area contributed by atoms with Crippen molar-refractivity contribution in [1.29, 1.82) is 0 Å². The van der Waals surface area contributed by atoms with Gasteiger partial charge in [-0.25, -0.2) is 4.68 Å². The smallest absolute Gasteiger partial charge is 0.240 e. The third-order valence-corrected chi connectivity index (χ3v) is 3.00. The third-order valence-electron chi connectivity index (χ3n) is 2.08. The summed E-state index contributed by atoms with van der Waals surface area (Å²) in [6.45, 7) is 0.650. The van der Waals surface area contributed by atoms with Gasteiger partial charge in [-0.15, -0.1) is 5.10 Å². The molecule has 0 aliphatic heterocycles. The molecule has 0 aliphatic rings. The average Bonchev–Trinajstić information content (AvgIpc) is 2.62. The van der Waals surface area contributed by atoms with Gasteiger partial charge in [0.2, 0.25) is 5.95 Å². The Labute approximate surface area is 103 Å². The summed E-state index contributed by atoms with van der Waals surface area (Å²) < 4.78 is 1.78. The lowest BCUT2D eigenvalue weighted by atomic mass is 10.2. The molecule has 4 nitrogen and oxygen atoms in total. The van der Waals surface area contributed by atoms with Gasteiger partial charge < -0.3 is 5.73 Å². The highest BCUT2D eigenvalue weighted by atomic mass is 35.5. The first-order valence-electron chi connectivity index (χ1n) is 4.68. The number of hydrogen-bond donors (Lipinski definition) is 1. The third kappa shape index (κ3) is 2.48. The Balaban J connectivity index is 2.22. The van der Waals surface area contributed by atoms with E-state index in [-0.39, 0.29) is 0 Å². The zero-order valence-electron chi connectivity index (χ0n) is 8.72. The molecule has 2 aromatic rings. The van der Waals surface area contributed by atoms with Crippen molar-refractivity contribution >= 4 is 29.3 Å². The molecule has 1 aromatic carbocycles. The second-order valence-electron chi connectivity index (χ2n) is 3.24. The molecule has 2 rings (SSSR count). The minimum atomic E-state index is 0.304. The van der Waals surface area contributed by atoms with Crippen LogP contribution < -0.4 is 5.73 Å². The van der Waals surface area contributed by atoms with Gasteiger partial charge in [0.1, 0.15) is 0 Å². The van der Waals surface area contributed by atoms with E-state index < -0.39 is 0 Å². The first-order chi connectivity index (χ1) is 7.69. The van der Waals surface area contributed by atoms with Gasteiger partial charge in [0.05, 0.1) is 6.54 Å². The molecule has 1 aromatic heterocycles. The highest BCUT2D eigenvalue weighted by molar-refractivity contribution is 7.98. The molecule has 0 saturated carbocycles. The van der Waals surface area contributed by atoms with Crippen molar-refractivity contribution in [1.82, 2.24) is 14.8 Å². The van der Waals surface area contributed by atoms with Crippen LogP contribution in [0.4, 0.5) is 5.95 Å². The van der Waals surface area contributed by atoms with E-state index in [1.165, 1.54) is 11.8 Å². The van der Waals surface area contributed by atoms with Crippen LogP contribution in [0.2, 0.25) is 5.02 Å². The number of thioether (sulfide) groups is 1. The first kappa shape index (κ1) is 11.3. The van der Waals surface area contributed by atoms with E-state index in [0.29, 0.717) is 12.5 Å². The van der Waals surface area contributed by atoms with Gasteiger partial charge in [0.15, 0.2) is 5.16 Å². The van der Waals surface area contributed by atoms with Gasteiger partial charge >= 0.3 is 0 Å². The number of benzene rings is 1. The second kappa shape index (κ2) is 4.76. The SMILES string of the molecule is CSc1nc(N)nn1Cc1ccc(Cl)cc1. The van der Waals surface area contributed by atoms with Crippen LogP contribution in [-0.2, 0) is 6.54 Å². The topological polar surface area (TPSA) is 56.7 Å². The molecule has 0 aliphatic carbocycles. The van der Waals surface area contributed by atoms with Crippen LogP contribution in [0.25, 0.3) is 0 Å². The number of rotatable bonds is 3. The molecule has 0 saturated heterocycles. The molecule has 0 radical (unpaired) electrons. The minimum absolute atomic E-state index is 0.304. The van der Waals surface area contributed by atoms with Gasteiger partial charge in [0, 0.05) is 5.02 Å². The summed E-state index contributed by atoms with van der Waals surface area (Å²) in [6.07, 6.45) is 1.95. The van der Waals surface area contributed by atoms with Gasteiger partial charge in [-0.2, -0.15) is 4.98 Å². The quantitative estimate of drug-likeness (QED) is 0.854. The van der Waals surface area contributed by atoms with Crippen LogP contribution in [0.1, 0.15) is 5.56 Å². The molecule has 84 valence electrons. The largest absolute Gasteiger partial charge is 0.366 e. The van der Waals surface area contributed by atoms with E-state index >= 15 is 0 Å². The Kier molecular flexibility index (Phi) is 3.36. The fraction of sp³-hybridized carbons (Fsp3) is 0.200. The zero-order chi connectivity index (χ0) is 11.5. The maximum Gasteiger partial charge on any atom is 0.240 e. The van der Waals surface area contributed by atoms with E-state index in [1.54, 1.807) is 4.68 Å². The normalized spacial score (nSPS) is 10.6. The van der Waals surface area contributed by atoms with E-state index in [0.717, 1.165) is 15.7 Å². The van der Waals surface area contributed by atoms with E-state index in [2.05, 4.69) is 10.1 Å². The van der Waals surface area contributed by atoms with Gasteiger partial charge in [-0.3, -0.25) is 0 Å². The van der Waals surface area contributed by atoms with Crippen molar-refractivity contribution in [3.05, 3.63) is 34.9 Å². The number of halogens is 1. The standard InChI is InChI=1S/C10H11ClN4S/c1-16-10-13-9(12)14-15(10)6-7-2-4-8(11)5-3-7/h2-5H,6H2,1H3,(H2,12,14). The van der Waals surface area contributed by atoms with Crippen LogP contribution in [0, 0.1) is 0 Å². The van der Waals surface area contributed by atoms with Gasteiger partial charge in [-0.1, -0.05) is 35.5 Å². The Morgan fingerprint density at radius 2 is 2.06 bits per heavy atom. The van der Waals surface area contributed by atoms with Crippen LogP contribution in [-0.4, -0.2) is 21.0 Å². The molecule has 2 N–H and O–H groups in total. The zero-order valence-corrected chi connectivity index (χ0v) is 10.3. The Bertz CT molecular complexity index is 480. The van der Waals surface area contributed by atoms with Gasteiger partial charge in [-0.05, 0) is 24.0 Å². The highest BCUT2D eigenvalue weighted by Crippen LogP contribution is 2.16. The van der Waals surface area contributed by atoms with Crippen molar-refractivity contribution in [3.8, 4) is 0 Å². The van der Waals surface area contributed by atoms with E-state index in [9.17, 15) is 0 Å². The number of aromatic nitrogens is 3. The number of hydrogen-bond acceptors (Lipinski definition) is 4. The summed E-state index contributed by atoms with van der Waals surface area (Å²) >= 11 is 7.34. The summed E-state index contributed by atoms with van der Waals surface area (Å²) in [4.78, 5) is 4.11. The molecule has 0 amide bonds. The molecule has 1 heterocycles. The minimum Gasteiger partial charge on any atom is -0.366 e. The fourth-order valence-corrected chi connectivity index (χ4v) is 1.99. The lowest BCUT2D eigenvalue weighted by molar-refractivity contribution is 0.620. The first-order valence-corrected chi connectivity index (χ1v) is 6.28. The summed E-state index contributed by atoms with van der Waals surface area (Å²) in [6, 6.07) is 7.64. The predicted molar refractivity (Wildman–Crippen MR) is 66.8 cm³/mol. The molecular weight excluding hydrogens is 244 g/mol. The van der Waals surface area contributed by atoms with Crippen LogP contribution in [0.15, 0.2) is 29.4 Å². The fourth-order valence-electron chi connectivity index (χ4n) is 1.36. The maximum atomic E-state index is 5.82. The van der Waals surface area contributed by atoms with Crippen molar-refractivity contribution in [2.45, 2.75) is 11.7 Å². The summed E-state index contributed by atoms with van der Waals surface area (Å²) in [5.74, 6) is 0.304. The average molecular weight is 255 g/mol. The Morgan fingerprint density at radius 3 is 2.69 bits per heavy atom. The molecule has 0 spiro atoms. The summed E-state index contributed by atoms with van der Waals surface area (Å²) in [5, 5.41) is 5.67. The van der Waals surface area contributed by atoms with E-state index in [1.807, 2.05) is 30.5 Å². The molecule has 0 atom stereocenters. The molecule has 16 heavy (non-hydrogen) atoms. The summed E-state index contributed by atoms with van der Waals surface area (Å²) in [5.41, 5.74) is 6.67. The van der Waals surface area contributed by atoms with Gasteiger partial charge in [0.25, 0.3) is 0 Å². The highest BCUT2D eigenvalue weighted by Gasteiger charge is 2.06. The maximum absolute atomic E-state index is 5.82. The van der Waals surface area contributed by atoms with Crippen molar-refractivity contribution in [3.63, 3.8) is 0 Å². The van der Waals surface area contributed by atoms with Crippen LogP contribution in [0.5, 0.6) is 0 Å². The second-order valence-corrected chi connectivity index (χ2v) is 4.45. The van der Waals surface area contributed by atoms with Crippen LogP contribution >= 0.6 is 23.4 Å². The van der Waals surface area contributed by atoms with Crippen molar-refractivity contribution in [2.24, 2.45) is 0 Å². The number of nitrogens with zero attached hydrogens (tertiary/aromatic N) is 3. The molecule has 0 unspecified atom stereocenters. The summed E-state index contributed by atoms with van der Waals surface area (Å²) in [7, 11) is 0. The predicted octanol–water partition coefficient (Wildman–Crippen LogP) is 2.28. The monoisotopic (exact) mass is 254 g/mol. The Morgan fingerprint density at radius 1 is 1.38 bits per heavy atom. The lowest BCUT2D eigenvalue weighted by Gasteiger charge is -2.03. The van der Waals surface area contributed by atoms with Crippen molar-refractivity contribution < 1.29 is 0 Å². The molecule has 0 bridgehead atoms. The van der Waals surface area contributed by atoms with Crippen LogP contribution in [0.3, 0.4) is 0 Å². The van der Waals surface area contributed by atoms with E-state index in [4.69, 9.17) is 17.3 Å². The Hall–Kier alpha value is -1.20. The number of nitrogens with two attached hydrogens (primary N) is 1. The molecule has 0 fully saturated rings. The van der Waals surface area contributed by atoms with Crippen molar-refractivity contribution in [2.75, 3.05) is 12.0 Å². The molecular formula is C10H11ClN4S. The lowest BCUT2D eigenvalue weighted by Crippen LogP contribution is -2.03.